The van der Waals surface area contributed by atoms with Crippen molar-refractivity contribution >= 4 is 46.4 Å². The molecule has 13 heteroatoms. The number of aromatic nitrogens is 4. The van der Waals surface area contributed by atoms with Crippen molar-refractivity contribution in [2.45, 2.75) is 0 Å². The first-order valence-corrected chi connectivity index (χ1v) is 13.7. The third-order valence-electron chi connectivity index (χ3n) is 6.67. The summed E-state index contributed by atoms with van der Waals surface area (Å²) in [5, 5.41) is 13.8. The molecule has 0 fully saturated rings. The molecule has 0 aliphatic heterocycles. The van der Waals surface area contributed by atoms with Crippen LogP contribution in [0.25, 0.3) is 11.3 Å². The van der Waals surface area contributed by atoms with E-state index in [0.29, 0.717) is 29.4 Å². The van der Waals surface area contributed by atoms with Gasteiger partial charge in [0.05, 0.1) is 37.0 Å². The topological polar surface area (TPSA) is 139 Å². The fourth-order valence-electron chi connectivity index (χ4n) is 4.32. The van der Waals surface area contributed by atoms with Crippen LogP contribution < -0.4 is 25.6 Å². The van der Waals surface area contributed by atoms with Gasteiger partial charge in [-0.3, -0.25) is 9.48 Å². The molecule has 0 aliphatic carbocycles. The fourth-order valence-corrected chi connectivity index (χ4v) is 4.32. The number of aryl methyl sites for hydroxylation is 1. The lowest BCUT2D eigenvalue weighted by atomic mass is 10.1. The van der Waals surface area contributed by atoms with Crippen molar-refractivity contribution in [3.8, 4) is 17.0 Å². The minimum Gasteiger partial charge on any atom is -0.494 e. The molecule has 44 heavy (non-hydrogen) atoms. The summed E-state index contributed by atoms with van der Waals surface area (Å²) >= 11 is 0. The Labute approximate surface area is 256 Å². The molecule has 2 aromatic heterocycles. The van der Waals surface area contributed by atoms with E-state index in [2.05, 4.69) is 42.5 Å². The Balaban J connectivity index is 1.74. The average Bonchev–Trinajstić information content (AvgIpc) is 3.45. The summed E-state index contributed by atoms with van der Waals surface area (Å²) in [6.07, 6.45) is 4.43. The Morgan fingerprint density at radius 2 is 1.80 bits per heavy atom. The first-order chi connectivity index (χ1) is 21.1. The highest BCUT2D eigenvalue weighted by atomic mass is 16.5. The van der Waals surface area contributed by atoms with Gasteiger partial charge in [0, 0.05) is 56.9 Å². The molecule has 0 saturated carbocycles. The Hall–Kier alpha value is -5.43. The zero-order chi connectivity index (χ0) is 31.8. The molecule has 0 saturated heterocycles. The number of hydrogen-bond acceptors (Lipinski definition) is 11. The second-order valence-electron chi connectivity index (χ2n) is 10.1. The van der Waals surface area contributed by atoms with E-state index in [1.165, 1.54) is 19.4 Å². The smallest absolute Gasteiger partial charge is 0.343 e. The molecule has 230 valence electrons. The summed E-state index contributed by atoms with van der Waals surface area (Å²) in [5.74, 6) is -0.0871. The fraction of sp³-hybridized carbons (Fsp3) is 0.258. The van der Waals surface area contributed by atoms with Crippen LogP contribution in [0.2, 0.25) is 0 Å². The maximum atomic E-state index is 12.7. The third-order valence-corrected chi connectivity index (χ3v) is 6.67. The molecule has 0 atom stereocenters. The van der Waals surface area contributed by atoms with Crippen molar-refractivity contribution in [1.29, 1.82) is 0 Å². The van der Waals surface area contributed by atoms with E-state index in [1.54, 1.807) is 17.9 Å². The quantitative estimate of drug-likeness (QED) is 0.150. The van der Waals surface area contributed by atoms with Gasteiger partial charge in [0.1, 0.15) is 11.3 Å². The van der Waals surface area contributed by atoms with Gasteiger partial charge in [0.15, 0.2) is 5.82 Å². The highest BCUT2D eigenvalue weighted by molar-refractivity contribution is 6.02. The number of likely N-dealkylation sites (N-methyl/N-ethyl adjacent to an activating group) is 2. The predicted molar refractivity (Wildman–Crippen MR) is 172 cm³/mol. The Morgan fingerprint density at radius 3 is 2.45 bits per heavy atom. The Morgan fingerprint density at radius 1 is 1.02 bits per heavy atom. The van der Waals surface area contributed by atoms with Crippen LogP contribution in [0.15, 0.2) is 67.5 Å². The van der Waals surface area contributed by atoms with Crippen LogP contribution in [0, 0.1) is 0 Å². The number of carbonyl (C=O) groups excluding carboxylic acids is 2. The van der Waals surface area contributed by atoms with E-state index < -0.39 is 5.97 Å². The predicted octanol–water partition coefficient (Wildman–Crippen LogP) is 4.28. The van der Waals surface area contributed by atoms with Gasteiger partial charge in [-0.2, -0.15) is 10.1 Å². The maximum Gasteiger partial charge on any atom is 0.343 e. The third kappa shape index (κ3) is 7.50. The Kier molecular flexibility index (Phi) is 10.1. The van der Waals surface area contributed by atoms with Crippen LogP contribution >= 0.6 is 0 Å². The number of esters is 1. The van der Waals surface area contributed by atoms with E-state index in [1.807, 2.05) is 75.7 Å². The number of ether oxygens (including phenoxy) is 2. The largest absolute Gasteiger partial charge is 0.494 e. The summed E-state index contributed by atoms with van der Waals surface area (Å²) in [5.41, 5.74) is 4.15. The van der Waals surface area contributed by atoms with Crippen LogP contribution in [0.1, 0.15) is 10.4 Å². The summed E-state index contributed by atoms with van der Waals surface area (Å²) < 4.78 is 12.4. The van der Waals surface area contributed by atoms with Gasteiger partial charge in [-0.1, -0.05) is 24.8 Å². The van der Waals surface area contributed by atoms with Gasteiger partial charge in [0.25, 0.3) is 0 Å². The molecule has 0 bridgehead atoms. The van der Waals surface area contributed by atoms with E-state index in [4.69, 9.17) is 9.47 Å². The Bertz CT molecular complexity index is 1650. The lowest BCUT2D eigenvalue weighted by Gasteiger charge is -2.26. The van der Waals surface area contributed by atoms with Gasteiger partial charge in [0.2, 0.25) is 11.9 Å². The summed E-state index contributed by atoms with van der Waals surface area (Å²) in [6.45, 7) is 5.07. The number of rotatable bonds is 13. The molecule has 0 aliphatic rings. The number of benzene rings is 2. The lowest BCUT2D eigenvalue weighted by Crippen LogP contribution is -2.29. The molecular weight excluding hydrogens is 562 g/mol. The summed E-state index contributed by atoms with van der Waals surface area (Å²) in [4.78, 5) is 38.1. The zero-order valence-electron chi connectivity index (χ0n) is 25.7. The van der Waals surface area contributed by atoms with Crippen molar-refractivity contribution in [3.05, 3.63) is 73.1 Å². The van der Waals surface area contributed by atoms with Crippen molar-refractivity contribution in [1.82, 2.24) is 24.6 Å². The van der Waals surface area contributed by atoms with Crippen molar-refractivity contribution < 1.29 is 19.1 Å². The molecule has 4 aromatic rings. The van der Waals surface area contributed by atoms with E-state index in [9.17, 15) is 9.59 Å². The number of anilines is 6. The van der Waals surface area contributed by atoms with Gasteiger partial charge >= 0.3 is 5.97 Å². The average molecular weight is 600 g/mol. The molecule has 0 radical (unpaired) electrons. The molecule has 2 aromatic carbocycles. The van der Waals surface area contributed by atoms with Gasteiger partial charge in [-0.25, -0.2) is 9.78 Å². The van der Waals surface area contributed by atoms with Crippen LogP contribution in [0.4, 0.5) is 34.5 Å². The molecule has 1 amide bonds. The zero-order valence-corrected chi connectivity index (χ0v) is 25.7. The number of nitrogens with one attached hydrogen (secondary N) is 3. The van der Waals surface area contributed by atoms with Gasteiger partial charge in [-0.05, 0) is 38.4 Å². The van der Waals surface area contributed by atoms with Crippen LogP contribution in [0.3, 0.4) is 0 Å². The van der Waals surface area contributed by atoms with E-state index in [0.717, 1.165) is 23.5 Å². The minimum absolute atomic E-state index is 0.137. The summed E-state index contributed by atoms with van der Waals surface area (Å²) in [6, 6.07) is 13.0. The summed E-state index contributed by atoms with van der Waals surface area (Å²) in [7, 11) is 10.6. The first-order valence-electron chi connectivity index (χ1n) is 13.7. The van der Waals surface area contributed by atoms with Crippen LogP contribution in [0.5, 0.6) is 5.75 Å². The number of para-hydroxylation sites is 1. The number of methoxy groups -OCH3 is 2. The van der Waals surface area contributed by atoms with Gasteiger partial charge in [-0.15, -0.1) is 0 Å². The highest BCUT2D eigenvalue weighted by Crippen LogP contribution is 2.38. The minimum atomic E-state index is -0.605. The number of hydrogen-bond donors (Lipinski definition) is 3. The van der Waals surface area contributed by atoms with Crippen molar-refractivity contribution in [2.75, 3.05) is 69.3 Å². The number of amides is 1. The molecular formula is C31H37N9O4. The van der Waals surface area contributed by atoms with Gasteiger partial charge < -0.3 is 35.2 Å². The monoisotopic (exact) mass is 599 g/mol. The molecule has 0 spiro atoms. The second kappa shape index (κ2) is 14.2. The molecule has 13 nitrogen and oxygen atoms in total. The molecule has 4 rings (SSSR count). The maximum absolute atomic E-state index is 12.7. The van der Waals surface area contributed by atoms with Crippen LogP contribution in [-0.4, -0.2) is 85.0 Å². The van der Waals surface area contributed by atoms with Crippen LogP contribution in [-0.2, 0) is 16.6 Å². The number of carbonyl (C=O) groups is 2. The second-order valence-corrected chi connectivity index (χ2v) is 10.1. The van der Waals surface area contributed by atoms with Crippen molar-refractivity contribution in [3.63, 3.8) is 0 Å². The molecule has 2 heterocycles. The SMILES string of the molecule is C=CC(=O)Nc1cc(Nc2ncc(C(=O)OC)c(Nc3ccccc3-c3ccn(C)n3)n2)c(OC)cc1N(C)CCN(C)C. The number of nitrogens with zero attached hydrogens (tertiary/aromatic N) is 6. The molecule has 3 N–H and O–H groups in total. The lowest BCUT2D eigenvalue weighted by molar-refractivity contribution is -0.111. The normalized spacial score (nSPS) is 10.7. The van der Waals surface area contributed by atoms with E-state index in [-0.39, 0.29) is 23.2 Å². The standard InChI is InChI=1S/C31H37N9O4/c1-8-28(41)33-24-17-25(27(43-6)18-26(24)39(4)16-15-38(2)3)35-31-32-19-21(30(42)44-7)29(36-31)34-22-12-10-9-11-20(22)23-13-14-40(5)37-23/h8-14,17-19H,1,15-16H2,2-7H3,(H,33,41)(H2,32,34,35,36). The highest BCUT2D eigenvalue weighted by Gasteiger charge is 2.20. The van der Waals surface area contributed by atoms with Crippen molar-refractivity contribution in [2.24, 2.45) is 7.05 Å². The molecule has 0 unspecified atom stereocenters. The first kappa shape index (κ1) is 31.5. The van der Waals surface area contributed by atoms with E-state index >= 15 is 0 Å².